The van der Waals surface area contributed by atoms with E-state index in [0.717, 1.165) is 57.2 Å². The van der Waals surface area contributed by atoms with Crippen LogP contribution >= 0.6 is 0 Å². The van der Waals surface area contributed by atoms with Crippen molar-refractivity contribution >= 4 is 11.7 Å². The highest BCUT2D eigenvalue weighted by atomic mass is 16.6. The number of piperazine rings is 1. The van der Waals surface area contributed by atoms with E-state index in [1.807, 2.05) is 11.8 Å². The molecule has 2 aliphatic heterocycles. The zero-order valence-corrected chi connectivity index (χ0v) is 15.2. The minimum atomic E-state index is 0.230. The molecule has 0 radical (unpaired) electrons. The van der Waals surface area contributed by atoms with Gasteiger partial charge in [0.25, 0.3) is 0 Å². The molecule has 0 spiro atoms. The maximum atomic E-state index is 12.7. The Labute approximate surface area is 153 Å². The fraction of sp³-hybridized carbons (Fsp3) is 0.526. The van der Waals surface area contributed by atoms with Gasteiger partial charge in [0.05, 0.1) is 6.54 Å². The zero-order valence-electron chi connectivity index (χ0n) is 15.2. The van der Waals surface area contributed by atoms with Crippen LogP contribution in [-0.4, -0.2) is 71.8 Å². The molecule has 2 fully saturated rings. The summed E-state index contributed by atoms with van der Waals surface area (Å²) in [5.41, 5.74) is 2.18. The van der Waals surface area contributed by atoms with E-state index < -0.39 is 0 Å². The average molecular weight is 355 g/mol. The Morgan fingerprint density at radius 1 is 1.12 bits per heavy atom. The number of amides is 1. The number of hydrogen-bond donors (Lipinski definition) is 0. The summed E-state index contributed by atoms with van der Waals surface area (Å²) in [7, 11) is 0. The van der Waals surface area contributed by atoms with Crippen LogP contribution in [0.5, 0.6) is 0 Å². The summed E-state index contributed by atoms with van der Waals surface area (Å²) in [4.78, 5) is 19.1. The average Bonchev–Trinajstić information content (AvgIpc) is 3.32. The van der Waals surface area contributed by atoms with Crippen LogP contribution in [0.2, 0.25) is 0 Å². The topological polar surface area (TPSA) is 65.7 Å². The predicted octanol–water partition coefficient (Wildman–Crippen LogP) is 1.52. The standard InChI is InChI=1S/C19H25N5O2/c1-15-19(21-26-20-15)24-11-9-23(10-12-24)18(25)14-22-8-7-17(13-22)16-5-3-2-4-6-16/h2-6,17H,7-14H2,1H3. The smallest absolute Gasteiger partial charge is 0.236 e. The second kappa shape index (κ2) is 7.45. The minimum absolute atomic E-state index is 0.230. The highest BCUT2D eigenvalue weighted by Gasteiger charge is 2.29. The van der Waals surface area contributed by atoms with Gasteiger partial charge in [-0.05, 0) is 36.5 Å². The van der Waals surface area contributed by atoms with Gasteiger partial charge in [0, 0.05) is 32.7 Å². The molecule has 1 aromatic heterocycles. The molecule has 1 atom stereocenters. The summed E-state index contributed by atoms with van der Waals surface area (Å²) in [5.74, 6) is 1.57. The van der Waals surface area contributed by atoms with Crippen LogP contribution in [0.1, 0.15) is 23.6 Å². The molecular formula is C19H25N5O2. The van der Waals surface area contributed by atoms with Gasteiger partial charge in [-0.1, -0.05) is 35.5 Å². The number of hydrogen-bond acceptors (Lipinski definition) is 6. The van der Waals surface area contributed by atoms with Gasteiger partial charge in [-0.2, -0.15) is 0 Å². The van der Waals surface area contributed by atoms with Gasteiger partial charge in [0.2, 0.25) is 5.91 Å². The SMILES string of the molecule is Cc1nonc1N1CCN(C(=O)CN2CCC(c3ccccc3)C2)CC1. The van der Waals surface area contributed by atoms with Gasteiger partial charge in [0.15, 0.2) is 5.82 Å². The van der Waals surface area contributed by atoms with Crippen molar-refractivity contribution in [1.29, 1.82) is 0 Å². The number of carbonyl (C=O) groups excluding carboxylic acids is 1. The lowest BCUT2D eigenvalue weighted by Crippen LogP contribution is -2.51. The Morgan fingerprint density at radius 2 is 1.88 bits per heavy atom. The number of anilines is 1. The maximum absolute atomic E-state index is 12.7. The second-order valence-corrected chi connectivity index (χ2v) is 7.17. The number of aromatic nitrogens is 2. The predicted molar refractivity (Wildman–Crippen MR) is 98.1 cm³/mol. The molecule has 2 aromatic rings. The molecule has 0 aliphatic carbocycles. The molecule has 3 heterocycles. The van der Waals surface area contributed by atoms with Gasteiger partial charge in [-0.3, -0.25) is 9.69 Å². The number of benzene rings is 1. The van der Waals surface area contributed by atoms with Crippen molar-refractivity contribution in [2.24, 2.45) is 0 Å². The molecule has 7 heteroatoms. The van der Waals surface area contributed by atoms with Crippen molar-refractivity contribution < 1.29 is 9.42 Å². The first-order valence-electron chi connectivity index (χ1n) is 9.30. The van der Waals surface area contributed by atoms with E-state index >= 15 is 0 Å². The van der Waals surface area contributed by atoms with E-state index in [4.69, 9.17) is 4.63 Å². The summed E-state index contributed by atoms with van der Waals surface area (Å²) >= 11 is 0. The highest BCUT2D eigenvalue weighted by molar-refractivity contribution is 5.78. The third-order valence-corrected chi connectivity index (χ3v) is 5.46. The molecule has 0 N–H and O–H groups in total. The fourth-order valence-corrected chi connectivity index (χ4v) is 3.95. The van der Waals surface area contributed by atoms with Crippen LogP contribution in [0.25, 0.3) is 0 Å². The lowest BCUT2D eigenvalue weighted by Gasteiger charge is -2.35. The molecule has 1 amide bonds. The number of nitrogens with zero attached hydrogens (tertiary/aromatic N) is 5. The van der Waals surface area contributed by atoms with Crippen LogP contribution in [0.15, 0.2) is 35.0 Å². The molecule has 4 rings (SSSR count). The molecule has 0 bridgehead atoms. The first-order chi connectivity index (χ1) is 12.7. The Balaban J connectivity index is 1.27. The number of likely N-dealkylation sites (tertiary alicyclic amines) is 1. The van der Waals surface area contributed by atoms with E-state index in [-0.39, 0.29) is 5.91 Å². The first kappa shape index (κ1) is 17.0. The maximum Gasteiger partial charge on any atom is 0.236 e. The van der Waals surface area contributed by atoms with Gasteiger partial charge in [0.1, 0.15) is 5.69 Å². The van der Waals surface area contributed by atoms with E-state index in [1.165, 1.54) is 5.56 Å². The Morgan fingerprint density at radius 3 is 2.58 bits per heavy atom. The number of rotatable bonds is 4. The van der Waals surface area contributed by atoms with Crippen LogP contribution in [0, 0.1) is 6.92 Å². The molecular weight excluding hydrogens is 330 g/mol. The van der Waals surface area contributed by atoms with Gasteiger partial charge in [-0.15, -0.1) is 0 Å². The van der Waals surface area contributed by atoms with Crippen molar-refractivity contribution in [3.8, 4) is 0 Å². The van der Waals surface area contributed by atoms with Gasteiger partial charge in [-0.25, -0.2) is 4.63 Å². The van der Waals surface area contributed by atoms with E-state index in [1.54, 1.807) is 0 Å². The van der Waals surface area contributed by atoms with E-state index in [0.29, 0.717) is 12.5 Å². The highest BCUT2D eigenvalue weighted by Crippen LogP contribution is 2.26. The Bertz CT molecular complexity index is 739. The van der Waals surface area contributed by atoms with Crippen molar-refractivity contribution in [3.05, 3.63) is 41.6 Å². The Hall–Kier alpha value is -2.41. The van der Waals surface area contributed by atoms with Crippen LogP contribution in [0.4, 0.5) is 5.82 Å². The first-order valence-corrected chi connectivity index (χ1v) is 9.30. The van der Waals surface area contributed by atoms with Crippen LogP contribution in [0.3, 0.4) is 0 Å². The third-order valence-electron chi connectivity index (χ3n) is 5.46. The van der Waals surface area contributed by atoms with Gasteiger partial charge >= 0.3 is 0 Å². The fourth-order valence-electron chi connectivity index (χ4n) is 3.95. The van der Waals surface area contributed by atoms with Crippen molar-refractivity contribution in [3.63, 3.8) is 0 Å². The molecule has 138 valence electrons. The monoisotopic (exact) mass is 355 g/mol. The molecule has 1 unspecified atom stereocenters. The van der Waals surface area contributed by atoms with E-state index in [2.05, 4.69) is 50.4 Å². The quantitative estimate of drug-likeness (QED) is 0.828. The number of aryl methyl sites for hydroxylation is 1. The molecule has 1 aromatic carbocycles. The molecule has 0 saturated carbocycles. The summed E-state index contributed by atoms with van der Waals surface area (Å²) < 4.78 is 4.78. The van der Waals surface area contributed by atoms with Crippen molar-refractivity contribution in [2.45, 2.75) is 19.3 Å². The third kappa shape index (κ3) is 3.58. The molecule has 26 heavy (non-hydrogen) atoms. The lowest BCUT2D eigenvalue weighted by molar-refractivity contribution is -0.132. The number of carbonyl (C=O) groups is 1. The summed E-state index contributed by atoms with van der Waals surface area (Å²) in [6.45, 7) is 7.37. The van der Waals surface area contributed by atoms with Crippen LogP contribution in [-0.2, 0) is 4.79 Å². The van der Waals surface area contributed by atoms with Gasteiger partial charge < -0.3 is 9.80 Å². The molecule has 2 saturated heterocycles. The molecule has 2 aliphatic rings. The summed E-state index contributed by atoms with van der Waals surface area (Å²) in [6, 6.07) is 10.6. The van der Waals surface area contributed by atoms with Crippen LogP contribution < -0.4 is 4.90 Å². The Kier molecular flexibility index (Phi) is 4.88. The summed E-state index contributed by atoms with van der Waals surface area (Å²) in [5, 5.41) is 7.79. The normalized spacial score (nSPS) is 21.3. The van der Waals surface area contributed by atoms with Crippen molar-refractivity contribution in [2.75, 3.05) is 50.7 Å². The lowest BCUT2D eigenvalue weighted by atomic mass is 9.99. The van der Waals surface area contributed by atoms with E-state index in [9.17, 15) is 4.79 Å². The molecule has 7 nitrogen and oxygen atoms in total. The zero-order chi connectivity index (χ0) is 17.9. The summed E-state index contributed by atoms with van der Waals surface area (Å²) in [6.07, 6.45) is 1.13. The second-order valence-electron chi connectivity index (χ2n) is 7.17. The van der Waals surface area contributed by atoms with Crippen molar-refractivity contribution in [1.82, 2.24) is 20.1 Å². The largest absolute Gasteiger partial charge is 0.349 e. The minimum Gasteiger partial charge on any atom is -0.349 e.